The molecule has 0 aromatic rings. The largest absolute Gasteiger partial charge is 0.319 e. The second-order valence-corrected chi connectivity index (χ2v) is 1.91. The van der Waals surface area contributed by atoms with Crippen molar-refractivity contribution < 1.29 is 14.4 Å². The Labute approximate surface area is 63.3 Å². The quantitative estimate of drug-likeness (QED) is 0.306. The Morgan fingerprint density at radius 1 is 0.909 bits per heavy atom. The van der Waals surface area contributed by atoms with E-state index in [2.05, 4.69) is 16.0 Å². The summed E-state index contributed by atoms with van der Waals surface area (Å²) in [6.45, 7) is 1.42. The first-order valence-electron chi connectivity index (χ1n) is 2.82. The molecular weight excluding hydrogens is 150 g/mol. The van der Waals surface area contributed by atoms with Crippen molar-refractivity contribution in [2.24, 2.45) is 0 Å². The van der Waals surface area contributed by atoms with Crippen molar-refractivity contribution in [1.82, 2.24) is 16.0 Å². The Balaban J connectivity index is 4.09. The van der Waals surface area contributed by atoms with Crippen LogP contribution < -0.4 is 16.0 Å². The number of amides is 3. The van der Waals surface area contributed by atoms with Crippen molar-refractivity contribution in [2.45, 2.75) is 12.7 Å². The zero-order valence-corrected chi connectivity index (χ0v) is 5.96. The summed E-state index contributed by atoms with van der Waals surface area (Å²) in [7, 11) is 0. The minimum Gasteiger partial charge on any atom is -0.319 e. The molecule has 0 radical (unpaired) electrons. The molecule has 11 heavy (non-hydrogen) atoms. The van der Waals surface area contributed by atoms with E-state index >= 15 is 0 Å². The number of nitrogens with one attached hydrogen (secondary N) is 3. The maximum Gasteiger partial charge on any atom is 0.210 e. The fourth-order valence-corrected chi connectivity index (χ4v) is 0.479. The predicted octanol–water partition coefficient (Wildman–Crippen LogP) is -2.10. The molecule has 3 N–H and O–H groups in total. The van der Waals surface area contributed by atoms with Crippen LogP contribution in [0.25, 0.3) is 0 Å². The van der Waals surface area contributed by atoms with Crippen molar-refractivity contribution in [2.75, 3.05) is 0 Å². The summed E-state index contributed by atoms with van der Waals surface area (Å²) in [5.74, 6) is -1.20. The summed E-state index contributed by atoms with van der Waals surface area (Å²) >= 11 is 0. The van der Waals surface area contributed by atoms with Crippen molar-refractivity contribution >= 4 is 19.2 Å². The van der Waals surface area contributed by atoms with Gasteiger partial charge in [-0.1, -0.05) is 0 Å². The Bertz CT molecular complexity index is 133. The molecule has 0 aromatic heterocycles. The Hall–Kier alpha value is -1.59. The van der Waals surface area contributed by atoms with Crippen LogP contribution in [0.3, 0.4) is 0 Å². The fraction of sp³-hybridized carbons (Fsp3) is 0.400. The minimum atomic E-state index is -1.20. The van der Waals surface area contributed by atoms with Gasteiger partial charge in [0.25, 0.3) is 0 Å². The van der Waals surface area contributed by atoms with Crippen LogP contribution in [-0.4, -0.2) is 25.0 Å². The average molecular weight is 159 g/mol. The summed E-state index contributed by atoms with van der Waals surface area (Å²) in [6, 6.07) is 0. The Morgan fingerprint density at radius 2 is 1.18 bits per heavy atom. The zero-order valence-electron chi connectivity index (χ0n) is 5.96. The molecule has 0 aliphatic heterocycles. The summed E-state index contributed by atoms with van der Waals surface area (Å²) in [4.78, 5) is 29.8. The summed E-state index contributed by atoms with van der Waals surface area (Å²) in [5, 5.41) is 6.59. The SMILES string of the molecule is CC(NC=O)(NC=O)NC=O. The maximum absolute atomic E-state index is 9.95. The molecule has 3 amide bonds. The van der Waals surface area contributed by atoms with Crippen LogP contribution in [-0.2, 0) is 14.4 Å². The highest BCUT2D eigenvalue weighted by molar-refractivity contribution is 5.56. The number of carbonyl (C=O) groups is 3. The maximum atomic E-state index is 9.95. The van der Waals surface area contributed by atoms with E-state index in [1.54, 1.807) is 0 Å². The van der Waals surface area contributed by atoms with Gasteiger partial charge in [-0.2, -0.15) is 0 Å². The monoisotopic (exact) mass is 159 g/mol. The smallest absolute Gasteiger partial charge is 0.210 e. The number of hydrogen-bond donors (Lipinski definition) is 3. The van der Waals surface area contributed by atoms with Gasteiger partial charge in [0.05, 0.1) is 0 Å². The molecule has 0 fully saturated rings. The Kier molecular flexibility index (Phi) is 3.65. The second kappa shape index (κ2) is 4.26. The molecule has 62 valence electrons. The van der Waals surface area contributed by atoms with E-state index in [1.807, 2.05) is 0 Å². The van der Waals surface area contributed by atoms with Crippen molar-refractivity contribution in [1.29, 1.82) is 0 Å². The molecule has 0 atom stereocenters. The molecule has 6 nitrogen and oxygen atoms in total. The van der Waals surface area contributed by atoms with Gasteiger partial charge in [0.2, 0.25) is 19.2 Å². The van der Waals surface area contributed by atoms with Crippen molar-refractivity contribution in [3.05, 3.63) is 0 Å². The van der Waals surface area contributed by atoms with E-state index in [4.69, 9.17) is 0 Å². The topological polar surface area (TPSA) is 87.3 Å². The third kappa shape index (κ3) is 3.19. The van der Waals surface area contributed by atoms with E-state index in [-0.39, 0.29) is 0 Å². The van der Waals surface area contributed by atoms with E-state index in [0.717, 1.165) is 0 Å². The normalized spacial score (nSPS) is 9.55. The third-order valence-corrected chi connectivity index (χ3v) is 1.04. The third-order valence-electron chi connectivity index (χ3n) is 1.04. The average Bonchev–Trinajstić information content (AvgIpc) is 1.88. The molecule has 0 aromatic carbocycles. The van der Waals surface area contributed by atoms with Gasteiger partial charge in [-0.15, -0.1) is 0 Å². The lowest BCUT2D eigenvalue weighted by atomic mass is 10.4. The number of hydrogen-bond acceptors (Lipinski definition) is 3. The summed E-state index contributed by atoms with van der Waals surface area (Å²) in [6.07, 6.45) is 1.10. The van der Waals surface area contributed by atoms with Gasteiger partial charge in [-0.25, -0.2) is 0 Å². The minimum absolute atomic E-state index is 0.368. The molecular formula is C5H9N3O3. The van der Waals surface area contributed by atoms with Crippen LogP contribution in [0.5, 0.6) is 0 Å². The molecule has 6 heteroatoms. The molecule has 0 saturated heterocycles. The number of rotatable bonds is 6. The highest BCUT2D eigenvalue weighted by Gasteiger charge is 2.19. The first-order valence-corrected chi connectivity index (χ1v) is 2.82. The lowest BCUT2D eigenvalue weighted by molar-refractivity contribution is -0.117. The zero-order chi connectivity index (χ0) is 8.74. The van der Waals surface area contributed by atoms with Gasteiger partial charge in [0.15, 0.2) is 5.79 Å². The van der Waals surface area contributed by atoms with Crippen LogP contribution in [0.4, 0.5) is 0 Å². The second-order valence-electron chi connectivity index (χ2n) is 1.91. The molecule has 0 unspecified atom stereocenters. The molecule has 0 bridgehead atoms. The van der Waals surface area contributed by atoms with E-state index in [0.29, 0.717) is 19.2 Å². The first kappa shape index (κ1) is 9.41. The van der Waals surface area contributed by atoms with Gasteiger partial charge in [-0.3, -0.25) is 14.4 Å². The predicted molar refractivity (Wildman–Crippen MR) is 36.0 cm³/mol. The van der Waals surface area contributed by atoms with E-state index in [9.17, 15) is 14.4 Å². The van der Waals surface area contributed by atoms with Crippen molar-refractivity contribution in [3.63, 3.8) is 0 Å². The number of carbonyl (C=O) groups excluding carboxylic acids is 3. The van der Waals surface area contributed by atoms with E-state index in [1.165, 1.54) is 6.92 Å². The highest BCUT2D eigenvalue weighted by Crippen LogP contribution is 1.86. The molecule has 0 aliphatic rings. The van der Waals surface area contributed by atoms with Crippen LogP contribution in [0.15, 0.2) is 0 Å². The fourth-order valence-electron chi connectivity index (χ4n) is 0.479. The molecule has 0 heterocycles. The molecule has 0 rings (SSSR count). The van der Waals surface area contributed by atoms with Crippen LogP contribution in [0.2, 0.25) is 0 Å². The van der Waals surface area contributed by atoms with E-state index < -0.39 is 5.79 Å². The van der Waals surface area contributed by atoms with Crippen LogP contribution >= 0.6 is 0 Å². The van der Waals surface area contributed by atoms with Gasteiger partial charge in [0.1, 0.15) is 0 Å². The standard InChI is InChI=1S/C5H9N3O3/c1-5(6-2-9,7-3-10)8-4-11/h2-4H,1H3,(H,6,9)(H,7,10)(H,8,11). The highest BCUT2D eigenvalue weighted by atomic mass is 16.1. The lowest BCUT2D eigenvalue weighted by Crippen LogP contribution is -2.63. The summed E-state index contributed by atoms with van der Waals surface area (Å²) in [5.41, 5.74) is 0. The Morgan fingerprint density at radius 3 is 1.36 bits per heavy atom. The first-order chi connectivity index (χ1) is 5.18. The molecule has 0 saturated carbocycles. The van der Waals surface area contributed by atoms with Crippen LogP contribution in [0, 0.1) is 0 Å². The molecule has 0 aliphatic carbocycles. The van der Waals surface area contributed by atoms with Gasteiger partial charge < -0.3 is 16.0 Å². The van der Waals surface area contributed by atoms with Crippen LogP contribution in [0.1, 0.15) is 6.92 Å². The van der Waals surface area contributed by atoms with Crippen molar-refractivity contribution in [3.8, 4) is 0 Å². The summed E-state index contributed by atoms with van der Waals surface area (Å²) < 4.78 is 0. The van der Waals surface area contributed by atoms with Gasteiger partial charge in [-0.05, 0) is 6.92 Å². The molecule has 0 spiro atoms. The van der Waals surface area contributed by atoms with Gasteiger partial charge in [0, 0.05) is 0 Å². The lowest BCUT2D eigenvalue weighted by Gasteiger charge is -2.26. The van der Waals surface area contributed by atoms with Gasteiger partial charge >= 0.3 is 0 Å².